The fraction of sp³-hybridized carbons (Fsp3) is 0.545. The average molecular weight is 343 g/mol. The lowest BCUT2D eigenvalue weighted by atomic mass is 9.85. The van der Waals surface area contributed by atoms with Crippen molar-refractivity contribution in [2.24, 2.45) is 11.3 Å². The van der Waals surface area contributed by atoms with Crippen LogP contribution in [0.3, 0.4) is 0 Å². The SMILES string of the molecule is C=C/C(=C\C=C(C)C)N1CCC(CN(O)C2=CCC(C)(C)C=C2)CC1. The van der Waals surface area contributed by atoms with Gasteiger partial charge in [0.1, 0.15) is 0 Å². The lowest BCUT2D eigenvalue weighted by Gasteiger charge is -2.36. The van der Waals surface area contributed by atoms with E-state index in [1.165, 1.54) is 16.3 Å². The van der Waals surface area contributed by atoms with Crippen molar-refractivity contribution in [3.8, 4) is 0 Å². The van der Waals surface area contributed by atoms with Gasteiger partial charge in [-0.1, -0.05) is 44.2 Å². The van der Waals surface area contributed by atoms with Crippen LogP contribution in [0.25, 0.3) is 0 Å². The molecular weight excluding hydrogens is 308 g/mol. The van der Waals surface area contributed by atoms with Gasteiger partial charge in [0.05, 0.1) is 5.70 Å². The molecule has 1 aliphatic heterocycles. The Balaban J connectivity index is 1.85. The molecule has 1 saturated heterocycles. The van der Waals surface area contributed by atoms with Gasteiger partial charge in [-0.2, -0.15) is 0 Å². The van der Waals surface area contributed by atoms with Crippen molar-refractivity contribution in [1.82, 2.24) is 9.96 Å². The molecule has 2 rings (SSSR count). The Morgan fingerprint density at radius 2 is 2.00 bits per heavy atom. The van der Waals surface area contributed by atoms with E-state index < -0.39 is 0 Å². The molecule has 3 nitrogen and oxygen atoms in total. The van der Waals surface area contributed by atoms with E-state index in [-0.39, 0.29) is 5.41 Å². The standard InChI is InChI=1S/C22H34N2O/c1-6-20(8-7-18(2)3)23-15-11-19(12-16-23)17-24(25)21-9-13-22(4,5)14-10-21/h6-10,13,19,25H,1,11-12,14-17H2,2-5H3/b20-8+. The predicted molar refractivity (Wildman–Crippen MR) is 106 cm³/mol. The van der Waals surface area contributed by atoms with Gasteiger partial charge in [-0.15, -0.1) is 0 Å². The summed E-state index contributed by atoms with van der Waals surface area (Å²) in [5.74, 6) is 0.528. The molecule has 3 heteroatoms. The molecule has 0 atom stereocenters. The number of rotatable bonds is 6. The fourth-order valence-electron chi connectivity index (χ4n) is 3.28. The van der Waals surface area contributed by atoms with Crippen LogP contribution >= 0.6 is 0 Å². The van der Waals surface area contributed by atoms with Crippen molar-refractivity contribution >= 4 is 0 Å². The molecule has 0 aromatic carbocycles. The van der Waals surface area contributed by atoms with Crippen molar-refractivity contribution in [3.63, 3.8) is 0 Å². The van der Waals surface area contributed by atoms with Crippen LogP contribution in [-0.2, 0) is 0 Å². The molecule has 0 amide bonds. The highest BCUT2D eigenvalue weighted by Gasteiger charge is 2.23. The minimum Gasteiger partial charge on any atom is -0.372 e. The highest BCUT2D eigenvalue weighted by Crippen LogP contribution is 2.30. The summed E-state index contributed by atoms with van der Waals surface area (Å²) in [7, 11) is 0. The largest absolute Gasteiger partial charge is 0.372 e. The molecule has 1 fully saturated rings. The van der Waals surface area contributed by atoms with Crippen LogP contribution in [0.15, 0.2) is 60.0 Å². The molecule has 0 aromatic rings. The van der Waals surface area contributed by atoms with E-state index in [9.17, 15) is 5.21 Å². The van der Waals surface area contributed by atoms with Gasteiger partial charge in [0.15, 0.2) is 0 Å². The lowest BCUT2D eigenvalue weighted by Crippen LogP contribution is -2.37. The van der Waals surface area contributed by atoms with Crippen molar-refractivity contribution in [2.75, 3.05) is 19.6 Å². The molecular formula is C22H34N2O. The zero-order chi connectivity index (χ0) is 18.4. The molecule has 2 aliphatic rings. The van der Waals surface area contributed by atoms with Gasteiger partial charge in [-0.25, -0.2) is 0 Å². The molecule has 1 aliphatic carbocycles. The summed E-state index contributed by atoms with van der Waals surface area (Å²) in [5, 5.41) is 11.9. The molecule has 0 saturated carbocycles. The third-order valence-electron chi connectivity index (χ3n) is 5.05. The molecule has 0 spiro atoms. The van der Waals surface area contributed by atoms with Crippen molar-refractivity contribution in [1.29, 1.82) is 0 Å². The zero-order valence-electron chi connectivity index (χ0n) is 16.3. The first-order valence-electron chi connectivity index (χ1n) is 9.39. The fourth-order valence-corrected chi connectivity index (χ4v) is 3.28. The second-order valence-corrected chi connectivity index (χ2v) is 8.21. The Kier molecular flexibility index (Phi) is 6.71. The third kappa shape index (κ3) is 5.93. The minimum atomic E-state index is 0.203. The van der Waals surface area contributed by atoms with E-state index in [2.05, 4.69) is 69.6 Å². The Hall–Kier alpha value is -1.74. The number of likely N-dealkylation sites (tertiary alicyclic amines) is 1. The maximum atomic E-state index is 10.4. The smallest absolute Gasteiger partial charge is 0.0591 e. The monoisotopic (exact) mass is 342 g/mol. The van der Waals surface area contributed by atoms with E-state index in [0.29, 0.717) is 12.5 Å². The van der Waals surface area contributed by atoms with E-state index in [1.807, 2.05) is 6.08 Å². The molecule has 25 heavy (non-hydrogen) atoms. The van der Waals surface area contributed by atoms with Gasteiger partial charge < -0.3 is 4.90 Å². The second kappa shape index (κ2) is 8.57. The summed E-state index contributed by atoms with van der Waals surface area (Å²) < 4.78 is 0. The summed E-state index contributed by atoms with van der Waals surface area (Å²) in [6.45, 7) is 15.4. The molecule has 138 valence electrons. The van der Waals surface area contributed by atoms with Crippen LogP contribution in [0.4, 0.5) is 0 Å². The van der Waals surface area contributed by atoms with E-state index in [0.717, 1.165) is 38.0 Å². The quantitative estimate of drug-likeness (QED) is 0.524. The maximum Gasteiger partial charge on any atom is 0.0591 e. The van der Waals surface area contributed by atoms with Crippen LogP contribution in [0.5, 0.6) is 0 Å². The summed E-state index contributed by atoms with van der Waals surface area (Å²) >= 11 is 0. The number of allylic oxidation sites excluding steroid dienone is 7. The van der Waals surface area contributed by atoms with Crippen LogP contribution < -0.4 is 0 Å². The van der Waals surface area contributed by atoms with Crippen LogP contribution in [-0.4, -0.2) is 34.8 Å². The van der Waals surface area contributed by atoms with Gasteiger partial charge in [0.25, 0.3) is 0 Å². The molecule has 0 bridgehead atoms. The normalized spacial score (nSPS) is 20.9. The first kappa shape index (κ1) is 19.6. The first-order valence-corrected chi connectivity index (χ1v) is 9.39. The maximum absolute atomic E-state index is 10.4. The number of nitrogens with zero attached hydrogens (tertiary/aromatic N) is 2. The van der Waals surface area contributed by atoms with Gasteiger partial charge in [-0.3, -0.25) is 10.3 Å². The predicted octanol–water partition coefficient (Wildman–Crippen LogP) is 5.30. The Morgan fingerprint density at radius 1 is 1.32 bits per heavy atom. The number of piperidine rings is 1. The van der Waals surface area contributed by atoms with Crippen molar-refractivity contribution in [3.05, 3.63) is 60.0 Å². The lowest BCUT2D eigenvalue weighted by molar-refractivity contribution is -0.0683. The third-order valence-corrected chi connectivity index (χ3v) is 5.05. The summed E-state index contributed by atoms with van der Waals surface area (Å²) in [5.41, 5.74) is 3.63. The minimum absolute atomic E-state index is 0.203. The summed E-state index contributed by atoms with van der Waals surface area (Å²) in [4.78, 5) is 2.40. The van der Waals surface area contributed by atoms with Crippen molar-refractivity contribution < 1.29 is 5.21 Å². The zero-order valence-corrected chi connectivity index (χ0v) is 16.3. The van der Waals surface area contributed by atoms with E-state index >= 15 is 0 Å². The first-order chi connectivity index (χ1) is 11.8. The molecule has 0 unspecified atom stereocenters. The average Bonchev–Trinajstić information content (AvgIpc) is 2.56. The van der Waals surface area contributed by atoms with E-state index in [1.54, 1.807) is 0 Å². The number of hydrogen-bond acceptors (Lipinski definition) is 3. The molecule has 0 radical (unpaired) electrons. The summed E-state index contributed by atoms with van der Waals surface area (Å²) in [6.07, 6.45) is 15.8. The second-order valence-electron chi connectivity index (χ2n) is 8.21. The highest BCUT2D eigenvalue weighted by atomic mass is 16.5. The Bertz CT molecular complexity index is 583. The Morgan fingerprint density at radius 3 is 2.52 bits per heavy atom. The molecule has 0 aromatic heterocycles. The van der Waals surface area contributed by atoms with Gasteiger partial charge in [-0.05, 0) is 62.7 Å². The van der Waals surface area contributed by atoms with E-state index in [4.69, 9.17) is 0 Å². The number of hydrogen-bond donors (Lipinski definition) is 1. The van der Waals surface area contributed by atoms with Crippen LogP contribution in [0.2, 0.25) is 0 Å². The topological polar surface area (TPSA) is 26.7 Å². The molecule has 1 N–H and O–H groups in total. The van der Waals surface area contributed by atoms with Gasteiger partial charge in [0, 0.05) is 25.3 Å². The van der Waals surface area contributed by atoms with Crippen LogP contribution in [0, 0.1) is 11.3 Å². The van der Waals surface area contributed by atoms with Crippen LogP contribution in [0.1, 0.15) is 47.0 Å². The molecule has 1 heterocycles. The highest BCUT2D eigenvalue weighted by molar-refractivity contribution is 5.24. The summed E-state index contributed by atoms with van der Waals surface area (Å²) in [6, 6.07) is 0. The van der Waals surface area contributed by atoms with Gasteiger partial charge >= 0.3 is 0 Å². The number of hydroxylamine groups is 2. The van der Waals surface area contributed by atoms with Crippen molar-refractivity contribution in [2.45, 2.75) is 47.0 Å². The van der Waals surface area contributed by atoms with Gasteiger partial charge in [0.2, 0.25) is 0 Å². The Labute approximate surface area is 153 Å².